The zero-order valence-corrected chi connectivity index (χ0v) is 24.9. The second-order valence-corrected chi connectivity index (χ2v) is 11.4. The predicted octanol–water partition coefficient (Wildman–Crippen LogP) is 7.80. The van der Waals surface area contributed by atoms with Crippen molar-refractivity contribution in [3.05, 3.63) is 106 Å². The predicted molar refractivity (Wildman–Crippen MR) is 165 cm³/mol. The van der Waals surface area contributed by atoms with E-state index in [4.69, 9.17) is 37.4 Å². The van der Waals surface area contributed by atoms with Crippen LogP contribution < -0.4 is 0 Å². The average molecular weight is 610 g/mol. The number of hydrogen-bond donors (Lipinski definition) is 0. The Balaban J connectivity index is 1.51. The lowest BCUT2D eigenvalue weighted by atomic mass is 9.89. The van der Waals surface area contributed by atoms with Crippen LogP contribution in [-0.4, -0.2) is 36.2 Å². The number of esters is 3. The molecular weight excluding hydrogens is 575 g/mol. The molecule has 0 aromatic heterocycles. The first-order chi connectivity index (χ1) is 20.2. The molecule has 0 N–H and O–H groups in total. The lowest BCUT2D eigenvalue weighted by Crippen LogP contribution is -2.27. The van der Waals surface area contributed by atoms with Crippen LogP contribution in [0.5, 0.6) is 0 Å². The van der Waals surface area contributed by atoms with Gasteiger partial charge >= 0.3 is 17.9 Å². The smallest absolute Gasteiger partial charge is 0.331 e. The molecule has 0 bridgehead atoms. The van der Waals surface area contributed by atoms with Gasteiger partial charge in [-0.3, -0.25) is 0 Å². The van der Waals surface area contributed by atoms with Gasteiger partial charge in [-0.1, -0.05) is 59.6 Å². The fraction of sp³-hybridized carbons (Fsp3) is 0.324. The summed E-state index contributed by atoms with van der Waals surface area (Å²) in [4.78, 5) is 38.1. The lowest BCUT2D eigenvalue weighted by Gasteiger charge is -2.24. The van der Waals surface area contributed by atoms with Gasteiger partial charge in [0, 0.05) is 34.2 Å². The Hall–Kier alpha value is -3.61. The molecule has 1 fully saturated rings. The number of benzene rings is 2. The quantitative estimate of drug-likeness (QED) is 0.144. The first kappa shape index (κ1) is 31.3. The summed E-state index contributed by atoms with van der Waals surface area (Å²) in [5.41, 5.74) is 1.54. The molecule has 42 heavy (non-hydrogen) atoms. The third-order valence-corrected chi connectivity index (χ3v) is 7.67. The number of carbonyl (C=O) groups excluding carboxylic acids is 3. The maximum Gasteiger partial charge on any atom is 0.331 e. The molecule has 4 rings (SSSR count). The molecule has 8 heteroatoms. The van der Waals surface area contributed by atoms with Crippen molar-refractivity contribution in [1.29, 1.82) is 0 Å². The highest BCUT2D eigenvalue weighted by atomic mass is 35.5. The molecule has 0 saturated heterocycles. The van der Waals surface area contributed by atoms with Gasteiger partial charge in [0.2, 0.25) is 0 Å². The molecule has 0 unspecified atom stereocenters. The third-order valence-electron chi connectivity index (χ3n) is 7.20. The number of hydrogen-bond acceptors (Lipinski definition) is 6. The summed E-state index contributed by atoms with van der Waals surface area (Å²) in [7, 11) is 0. The van der Waals surface area contributed by atoms with E-state index in [1.165, 1.54) is 18.2 Å². The fourth-order valence-corrected chi connectivity index (χ4v) is 5.61. The van der Waals surface area contributed by atoms with Gasteiger partial charge in [0.15, 0.2) is 0 Å². The van der Waals surface area contributed by atoms with Crippen molar-refractivity contribution in [2.75, 3.05) is 0 Å². The van der Waals surface area contributed by atoms with Gasteiger partial charge in [-0.2, -0.15) is 0 Å². The van der Waals surface area contributed by atoms with E-state index >= 15 is 0 Å². The van der Waals surface area contributed by atoms with Crippen molar-refractivity contribution in [2.24, 2.45) is 11.8 Å². The van der Waals surface area contributed by atoms with Crippen molar-refractivity contribution in [3.63, 3.8) is 0 Å². The van der Waals surface area contributed by atoms with Crippen LogP contribution in [0.3, 0.4) is 0 Å². The zero-order valence-electron chi connectivity index (χ0n) is 23.4. The molecule has 5 atom stereocenters. The van der Waals surface area contributed by atoms with Crippen LogP contribution >= 0.6 is 23.2 Å². The highest BCUT2D eigenvalue weighted by Crippen LogP contribution is 2.39. The first-order valence-electron chi connectivity index (χ1n) is 14.1. The number of rotatable bonds is 6. The van der Waals surface area contributed by atoms with Crippen LogP contribution in [0.4, 0.5) is 0 Å². The second-order valence-electron chi connectivity index (χ2n) is 10.5. The normalized spacial score (nSPS) is 25.6. The van der Waals surface area contributed by atoms with Crippen molar-refractivity contribution in [2.45, 2.75) is 57.3 Å². The van der Waals surface area contributed by atoms with Crippen molar-refractivity contribution < 1.29 is 28.6 Å². The molecule has 2 aromatic carbocycles. The van der Waals surface area contributed by atoms with Gasteiger partial charge in [-0.25, -0.2) is 14.4 Å². The molecule has 6 nitrogen and oxygen atoms in total. The molecule has 0 spiro atoms. The van der Waals surface area contributed by atoms with Crippen LogP contribution in [0.1, 0.15) is 50.2 Å². The molecule has 1 saturated carbocycles. The molecule has 2 aliphatic rings. The Morgan fingerprint density at radius 2 is 1.55 bits per heavy atom. The van der Waals surface area contributed by atoms with Gasteiger partial charge in [-0.05, 0) is 98.6 Å². The molecule has 0 amide bonds. The molecule has 1 heterocycles. The van der Waals surface area contributed by atoms with Crippen LogP contribution in [0.15, 0.2) is 85.0 Å². The van der Waals surface area contributed by atoms with Crippen LogP contribution in [-0.2, 0) is 28.6 Å². The van der Waals surface area contributed by atoms with Crippen LogP contribution in [0, 0.1) is 11.8 Å². The first-order valence-corrected chi connectivity index (χ1v) is 14.8. The summed E-state index contributed by atoms with van der Waals surface area (Å²) in [5, 5.41) is 1.13. The van der Waals surface area contributed by atoms with Crippen molar-refractivity contribution in [3.8, 4) is 0 Å². The van der Waals surface area contributed by atoms with E-state index in [-0.39, 0.29) is 17.9 Å². The van der Waals surface area contributed by atoms with Gasteiger partial charge in [0.1, 0.15) is 12.2 Å². The van der Waals surface area contributed by atoms with E-state index in [0.717, 1.165) is 30.4 Å². The average Bonchev–Trinajstić information content (AvgIpc) is 3.34. The monoisotopic (exact) mass is 608 g/mol. The van der Waals surface area contributed by atoms with E-state index in [2.05, 4.69) is 12.2 Å². The number of fused-ring (bicyclic) bond motifs is 1. The Kier molecular flexibility index (Phi) is 11.6. The molecule has 220 valence electrons. The highest BCUT2D eigenvalue weighted by Gasteiger charge is 2.40. The fourth-order valence-electron chi connectivity index (χ4n) is 5.21. The van der Waals surface area contributed by atoms with Crippen LogP contribution in [0.2, 0.25) is 10.0 Å². The van der Waals surface area contributed by atoms with Crippen molar-refractivity contribution in [1.82, 2.24) is 0 Å². The molecule has 1 aliphatic carbocycles. The van der Waals surface area contributed by atoms with E-state index in [0.29, 0.717) is 22.9 Å². The SMILES string of the molecule is C[C@H]1CCC/C=C/[C@@H]2C[C@H](OC(=O)/C=C/c3cccc(Cl)c3)C[C@H]2[C@H](OC(=O)/C=C/c2cccc(Cl)c2)C=CC(=O)O1. The Bertz CT molecular complexity index is 1380. The van der Waals surface area contributed by atoms with Gasteiger partial charge in [-0.15, -0.1) is 0 Å². The largest absolute Gasteiger partial charge is 0.460 e. The summed E-state index contributed by atoms with van der Waals surface area (Å²) in [6.07, 6.45) is 15.2. The maximum absolute atomic E-state index is 12.9. The lowest BCUT2D eigenvalue weighted by molar-refractivity contribution is -0.146. The summed E-state index contributed by atoms with van der Waals surface area (Å²) < 4.78 is 17.2. The number of allylic oxidation sites excluding steroid dienone is 2. The van der Waals surface area contributed by atoms with Crippen LogP contribution in [0.25, 0.3) is 12.2 Å². The zero-order chi connectivity index (χ0) is 29.9. The number of ether oxygens (including phenoxy) is 3. The number of cyclic esters (lactones) is 1. The second kappa shape index (κ2) is 15.6. The summed E-state index contributed by atoms with van der Waals surface area (Å²) in [5.74, 6) is -1.78. The van der Waals surface area contributed by atoms with Gasteiger partial charge in [0.05, 0.1) is 6.10 Å². The summed E-state index contributed by atoms with van der Waals surface area (Å²) >= 11 is 12.1. The minimum absolute atomic E-state index is 0.0340. The van der Waals surface area contributed by atoms with E-state index in [1.807, 2.05) is 19.1 Å². The standard InChI is InChI=1S/C34H34Cl2O6/c1-23-7-3-2-4-10-26-21-29(41-33(38)16-13-24-8-5-11-27(35)19-24)22-30(26)31(15-18-32(37)40-23)42-34(39)17-14-25-9-6-12-28(36)20-25/h4-6,8-20,23,26,29-31H,2-3,7,21-22H2,1H3/b10-4+,16-13+,17-14+,18-15?/t23-,26+,29-,30+,31+/m0/s1. The maximum atomic E-state index is 12.9. The molecule has 1 aliphatic heterocycles. The van der Waals surface area contributed by atoms with E-state index in [1.54, 1.807) is 54.6 Å². The minimum atomic E-state index is -0.745. The Labute approximate surface area is 256 Å². The minimum Gasteiger partial charge on any atom is -0.460 e. The molecule has 0 radical (unpaired) electrons. The van der Waals surface area contributed by atoms with Gasteiger partial charge in [0.25, 0.3) is 0 Å². The summed E-state index contributed by atoms with van der Waals surface area (Å²) in [6.45, 7) is 1.86. The van der Waals surface area contributed by atoms with E-state index in [9.17, 15) is 14.4 Å². The number of carbonyl (C=O) groups is 3. The highest BCUT2D eigenvalue weighted by molar-refractivity contribution is 6.31. The molecular formula is C34H34Cl2O6. The molecule has 2 aromatic rings. The number of halogens is 2. The third kappa shape index (κ3) is 10.0. The Morgan fingerprint density at radius 3 is 2.19 bits per heavy atom. The topological polar surface area (TPSA) is 78.9 Å². The Morgan fingerprint density at radius 1 is 0.905 bits per heavy atom. The summed E-state index contributed by atoms with van der Waals surface area (Å²) in [6, 6.07) is 14.3. The van der Waals surface area contributed by atoms with Crippen molar-refractivity contribution >= 4 is 53.3 Å². The van der Waals surface area contributed by atoms with Gasteiger partial charge < -0.3 is 14.2 Å². The van der Waals surface area contributed by atoms with E-state index < -0.39 is 30.1 Å².